The van der Waals surface area contributed by atoms with E-state index in [4.69, 9.17) is 9.72 Å². The third-order valence-corrected chi connectivity index (χ3v) is 5.63. The Morgan fingerprint density at radius 1 is 1.40 bits per heavy atom. The first-order valence-electron chi connectivity index (χ1n) is 9.10. The van der Waals surface area contributed by atoms with Crippen LogP contribution in [0.25, 0.3) is 10.2 Å². The third kappa shape index (κ3) is 3.87. The minimum atomic E-state index is -0.447. The Hall–Kier alpha value is -1.46. The number of hydrogen-bond acceptors (Lipinski definition) is 4. The van der Waals surface area contributed by atoms with Crippen molar-refractivity contribution in [1.82, 2.24) is 4.98 Å². The van der Waals surface area contributed by atoms with Crippen molar-refractivity contribution in [3.05, 3.63) is 23.8 Å². The van der Waals surface area contributed by atoms with E-state index in [-0.39, 0.29) is 12.0 Å². The number of rotatable bonds is 4. The summed E-state index contributed by atoms with van der Waals surface area (Å²) in [5.41, 5.74) is 1.81. The molecule has 1 aromatic carbocycles. The molecule has 3 rings (SSSR count). The van der Waals surface area contributed by atoms with Crippen LogP contribution in [0.15, 0.2) is 18.2 Å². The van der Waals surface area contributed by atoms with Crippen molar-refractivity contribution in [2.24, 2.45) is 5.41 Å². The van der Waals surface area contributed by atoms with Gasteiger partial charge in [0.05, 0.1) is 22.9 Å². The number of fused-ring (bicyclic) bond motifs is 1. The molecule has 1 aromatic heterocycles. The van der Waals surface area contributed by atoms with Gasteiger partial charge in [-0.25, -0.2) is 4.98 Å². The van der Waals surface area contributed by atoms with Crippen LogP contribution in [0.4, 0.5) is 5.13 Å². The fourth-order valence-electron chi connectivity index (χ4n) is 3.18. The molecule has 2 aromatic rings. The monoisotopic (exact) mass is 360 g/mol. The molecule has 1 saturated heterocycles. The van der Waals surface area contributed by atoms with Gasteiger partial charge >= 0.3 is 0 Å². The number of anilines is 1. The molecular formula is C20H28N2O2S. The molecule has 0 saturated carbocycles. The van der Waals surface area contributed by atoms with E-state index in [0.717, 1.165) is 34.8 Å². The van der Waals surface area contributed by atoms with Gasteiger partial charge in [-0.15, -0.1) is 0 Å². The van der Waals surface area contributed by atoms with Gasteiger partial charge in [-0.1, -0.05) is 58.1 Å². The van der Waals surface area contributed by atoms with Crippen molar-refractivity contribution in [3.8, 4) is 0 Å². The molecule has 5 heteroatoms. The minimum Gasteiger partial charge on any atom is -0.376 e. The summed E-state index contributed by atoms with van der Waals surface area (Å²) in [6, 6.07) is 6.30. The summed E-state index contributed by atoms with van der Waals surface area (Å²) in [6.45, 7) is 11.6. The van der Waals surface area contributed by atoms with Gasteiger partial charge in [0.1, 0.15) is 0 Å². The Morgan fingerprint density at radius 3 is 2.76 bits per heavy atom. The Labute approximate surface area is 154 Å². The molecule has 0 bridgehead atoms. The van der Waals surface area contributed by atoms with Crippen molar-refractivity contribution in [1.29, 1.82) is 0 Å². The quantitative estimate of drug-likeness (QED) is 0.772. The van der Waals surface area contributed by atoms with Gasteiger partial charge in [0, 0.05) is 12.0 Å². The lowest BCUT2D eigenvalue weighted by molar-refractivity contribution is -0.126. The molecule has 25 heavy (non-hydrogen) atoms. The van der Waals surface area contributed by atoms with Gasteiger partial charge in [0.25, 0.3) is 0 Å². The number of nitrogens with zero attached hydrogens (tertiary/aromatic N) is 2. The van der Waals surface area contributed by atoms with Crippen LogP contribution in [-0.4, -0.2) is 30.1 Å². The van der Waals surface area contributed by atoms with Crippen molar-refractivity contribution in [2.45, 2.75) is 59.5 Å². The summed E-state index contributed by atoms with van der Waals surface area (Å²) in [7, 11) is 0. The summed E-state index contributed by atoms with van der Waals surface area (Å²) in [5, 5.41) is 0.790. The standard InChI is InChI=1S/C20H28N2O2S/c1-13(2)15-9-6-10-16-17(15)21-19(25-16)22(18(23)20(3,4)5)12-14-8-7-11-24-14/h6,9-10,13-14H,7-8,11-12H2,1-5H3. The Morgan fingerprint density at radius 2 is 2.16 bits per heavy atom. The highest BCUT2D eigenvalue weighted by atomic mass is 32.1. The van der Waals surface area contributed by atoms with E-state index >= 15 is 0 Å². The highest BCUT2D eigenvalue weighted by Crippen LogP contribution is 2.35. The molecule has 1 amide bonds. The fraction of sp³-hybridized carbons (Fsp3) is 0.600. The molecule has 1 atom stereocenters. The second-order valence-electron chi connectivity index (χ2n) is 8.15. The lowest BCUT2D eigenvalue weighted by atomic mass is 9.94. The molecule has 4 nitrogen and oxygen atoms in total. The van der Waals surface area contributed by atoms with Crippen LogP contribution >= 0.6 is 11.3 Å². The van der Waals surface area contributed by atoms with Gasteiger partial charge in [-0.3, -0.25) is 9.69 Å². The Bertz CT molecular complexity index is 755. The van der Waals surface area contributed by atoms with Crippen molar-refractivity contribution < 1.29 is 9.53 Å². The number of aromatic nitrogens is 1. The van der Waals surface area contributed by atoms with E-state index in [1.165, 1.54) is 5.56 Å². The van der Waals surface area contributed by atoms with Crippen LogP contribution in [0, 0.1) is 5.41 Å². The highest BCUT2D eigenvalue weighted by molar-refractivity contribution is 7.22. The van der Waals surface area contributed by atoms with Gasteiger partial charge in [-0.2, -0.15) is 0 Å². The van der Waals surface area contributed by atoms with Crippen molar-refractivity contribution >= 4 is 32.6 Å². The van der Waals surface area contributed by atoms with Gasteiger partial charge < -0.3 is 4.74 Å². The van der Waals surface area contributed by atoms with Crippen LogP contribution in [0.5, 0.6) is 0 Å². The normalized spacial score (nSPS) is 18.2. The number of benzene rings is 1. The number of amides is 1. The molecule has 1 fully saturated rings. The second kappa shape index (κ2) is 7.04. The molecule has 0 radical (unpaired) electrons. The fourth-order valence-corrected chi connectivity index (χ4v) is 4.19. The summed E-state index contributed by atoms with van der Waals surface area (Å²) in [5.74, 6) is 0.511. The number of hydrogen-bond donors (Lipinski definition) is 0. The smallest absolute Gasteiger partial charge is 0.234 e. The molecule has 0 aliphatic carbocycles. The molecule has 1 aliphatic rings. The molecule has 0 spiro atoms. The first-order chi connectivity index (χ1) is 11.8. The first-order valence-corrected chi connectivity index (χ1v) is 9.92. The predicted octanol–water partition coefficient (Wildman–Crippen LogP) is 4.98. The third-order valence-electron chi connectivity index (χ3n) is 4.59. The van der Waals surface area contributed by atoms with Gasteiger partial charge in [0.15, 0.2) is 5.13 Å². The van der Waals surface area contributed by atoms with E-state index in [1.807, 2.05) is 25.7 Å². The van der Waals surface area contributed by atoms with Crippen LogP contribution in [0.2, 0.25) is 0 Å². The topological polar surface area (TPSA) is 42.4 Å². The van der Waals surface area contributed by atoms with Crippen LogP contribution in [-0.2, 0) is 9.53 Å². The lowest BCUT2D eigenvalue weighted by Gasteiger charge is -2.29. The molecule has 1 aliphatic heterocycles. The summed E-state index contributed by atoms with van der Waals surface area (Å²) in [4.78, 5) is 19.8. The maximum atomic E-state index is 13.1. The van der Waals surface area contributed by atoms with E-state index < -0.39 is 5.41 Å². The van der Waals surface area contributed by atoms with E-state index in [1.54, 1.807) is 11.3 Å². The second-order valence-corrected chi connectivity index (χ2v) is 9.16. The van der Waals surface area contributed by atoms with Crippen molar-refractivity contribution in [2.75, 3.05) is 18.1 Å². The van der Waals surface area contributed by atoms with Crippen LogP contribution < -0.4 is 4.90 Å². The molecule has 136 valence electrons. The SMILES string of the molecule is CC(C)c1cccc2sc(N(CC3CCCO3)C(=O)C(C)(C)C)nc12. The maximum absolute atomic E-state index is 13.1. The number of carbonyl (C=O) groups excluding carboxylic acids is 1. The lowest BCUT2D eigenvalue weighted by Crippen LogP contribution is -2.43. The Kier molecular flexibility index (Phi) is 5.16. The number of carbonyl (C=O) groups is 1. The van der Waals surface area contributed by atoms with Crippen LogP contribution in [0.3, 0.4) is 0 Å². The average molecular weight is 361 g/mol. The number of ether oxygens (including phenoxy) is 1. The summed E-state index contributed by atoms with van der Waals surface area (Å²) >= 11 is 1.60. The maximum Gasteiger partial charge on any atom is 0.234 e. The largest absolute Gasteiger partial charge is 0.376 e. The van der Waals surface area contributed by atoms with Gasteiger partial charge in [0.2, 0.25) is 5.91 Å². The first kappa shape index (κ1) is 18.3. The van der Waals surface area contributed by atoms with E-state index in [2.05, 4.69) is 32.0 Å². The summed E-state index contributed by atoms with van der Waals surface area (Å²) in [6.07, 6.45) is 2.19. The average Bonchev–Trinajstić information content (AvgIpc) is 3.19. The number of thiazole rings is 1. The summed E-state index contributed by atoms with van der Waals surface area (Å²) < 4.78 is 6.93. The number of para-hydroxylation sites is 1. The predicted molar refractivity (Wildman–Crippen MR) is 104 cm³/mol. The van der Waals surface area contributed by atoms with E-state index in [9.17, 15) is 4.79 Å². The minimum absolute atomic E-state index is 0.105. The molecule has 0 N–H and O–H groups in total. The highest BCUT2D eigenvalue weighted by Gasteiger charge is 2.33. The molecule has 2 heterocycles. The zero-order valence-electron chi connectivity index (χ0n) is 15.8. The zero-order valence-corrected chi connectivity index (χ0v) is 16.7. The molecule has 1 unspecified atom stereocenters. The Balaban J connectivity index is 2.01. The van der Waals surface area contributed by atoms with Gasteiger partial charge in [-0.05, 0) is 30.4 Å². The zero-order chi connectivity index (χ0) is 18.2. The van der Waals surface area contributed by atoms with E-state index in [0.29, 0.717) is 12.5 Å². The van der Waals surface area contributed by atoms with Crippen molar-refractivity contribution in [3.63, 3.8) is 0 Å². The molecular weight excluding hydrogens is 332 g/mol. The van der Waals surface area contributed by atoms with Crippen LogP contribution in [0.1, 0.15) is 58.9 Å².